The number of nitrogens with zero attached hydrogens (tertiary/aromatic N) is 1. The first-order chi connectivity index (χ1) is 10.1. The summed E-state index contributed by atoms with van der Waals surface area (Å²) in [5.74, 6) is -0.797. The van der Waals surface area contributed by atoms with E-state index in [1.807, 2.05) is 13.0 Å². The van der Waals surface area contributed by atoms with Crippen molar-refractivity contribution in [3.63, 3.8) is 0 Å². The maximum Gasteiger partial charge on any atom is 0.345 e. The molecule has 116 valence electrons. The Labute approximate surface area is 131 Å². The number of thiophene rings is 1. The third kappa shape index (κ3) is 3.32. The van der Waals surface area contributed by atoms with E-state index in [4.69, 9.17) is 5.11 Å². The van der Waals surface area contributed by atoms with Crippen LogP contribution in [-0.4, -0.2) is 29.1 Å². The van der Waals surface area contributed by atoms with Gasteiger partial charge in [0, 0.05) is 11.4 Å². The van der Waals surface area contributed by atoms with Crippen LogP contribution in [0.15, 0.2) is 6.07 Å². The number of hydrogen-bond donors (Lipinski definition) is 1. The van der Waals surface area contributed by atoms with Crippen LogP contribution in [0.1, 0.15) is 65.1 Å². The Morgan fingerprint density at radius 1 is 1.24 bits per heavy atom. The molecule has 1 N–H and O–H groups in total. The monoisotopic (exact) mass is 307 g/mol. The highest BCUT2D eigenvalue weighted by molar-refractivity contribution is 7.14. The molecule has 2 fully saturated rings. The number of hydrogen-bond acceptors (Lipinski definition) is 3. The molecule has 1 aliphatic heterocycles. The maximum absolute atomic E-state index is 11.1. The number of carbonyl (C=O) groups is 1. The summed E-state index contributed by atoms with van der Waals surface area (Å²) in [6, 6.07) is 1.87. The second-order valence-corrected chi connectivity index (χ2v) is 8.09. The molecule has 0 atom stereocenters. The average Bonchev–Trinajstić information content (AvgIpc) is 2.84. The van der Waals surface area contributed by atoms with Gasteiger partial charge in [-0.15, -0.1) is 11.3 Å². The van der Waals surface area contributed by atoms with Crippen molar-refractivity contribution in [3.05, 3.63) is 21.4 Å². The Kier molecular flexibility index (Phi) is 4.36. The summed E-state index contributed by atoms with van der Waals surface area (Å²) in [7, 11) is 0. The van der Waals surface area contributed by atoms with E-state index in [-0.39, 0.29) is 0 Å². The van der Waals surface area contributed by atoms with Crippen LogP contribution in [-0.2, 0) is 6.54 Å². The fourth-order valence-corrected chi connectivity index (χ4v) is 4.88. The van der Waals surface area contributed by atoms with E-state index in [1.54, 1.807) is 0 Å². The van der Waals surface area contributed by atoms with Gasteiger partial charge in [-0.25, -0.2) is 4.79 Å². The molecule has 0 aromatic carbocycles. The fraction of sp³-hybridized carbons (Fsp3) is 0.706. The summed E-state index contributed by atoms with van der Waals surface area (Å²) >= 11 is 1.41. The molecule has 2 heterocycles. The second-order valence-electron chi connectivity index (χ2n) is 6.83. The summed E-state index contributed by atoms with van der Waals surface area (Å²) < 4.78 is 0. The van der Waals surface area contributed by atoms with Crippen LogP contribution in [0.4, 0.5) is 0 Å². The van der Waals surface area contributed by atoms with Crippen molar-refractivity contribution in [1.82, 2.24) is 4.90 Å². The average molecular weight is 307 g/mol. The molecule has 1 aromatic heterocycles. The number of aryl methyl sites for hydroxylation is 1. The van der Waals surface area contributed by atoms with E-state index in [1.165, 1.54) is 74.9 Å². The molecule has 0 radical (unpaired) electrons. The van der Waals surface area contributed by atoms with Gasteiger partial charge in [0.2, 0.25) is 0 Å². The Morgan fingerprint density at radius 3 is 2.48 bits per heavy atom. The van der Waals surface area contributed by atoms with Gasteiger partial charge in [-0.05, 0) is 62.7 Å². The molecule has 2 aliphatic rings. The van der Waals surface area contributed by atoms with Crippen molar-refractivity contribution in [2.24, 2.45) is 5.41 Å². The minimum Gasteiger partial charge on any atom is -0.477 e. The zero-order valence-corrected chi connectivity index (χ0v) is 13.7. The normalized spacial score (nSPS) is 22.5. The molecule has 21 heavy (non-hydrogen) atoms. The Morgan fingerprint density at radius 2 is 1.90 bits per heavy atom. The topological polar surface area (TPSA) is 40.5 Å². The van der Waals surface area contributed by atoms with Gasteiger partial charge in [-0.1, -0.05) is 19.3 Å². The van der Waals surface area contributed by atoms with Gasteiger partial charge in [-0.2, -0.15) is 0 Å². The summed E-state index contributed by atoms with van der Waals surface area (Å²) in [6.07, 6.45) is 9.81. The third-order valence-electron chi connectivity index (χ3n) is 5.46. The van der Waals surface area contributed by atoms with Crippen LogP contribution in [0.5, 0.6) is 0 Å². The van der Waals surface area contributed by atoms with Gasteiger partial charge < -0.3 is 5.11 Å². The van der Waals surface area contributed by atoms with E-state index >= 15 is 0 Å². The van der Waals surface area contributed by atoms with Gasteiger partial charge >= 0.3 is 5.97 Å². The fourth-order valence-electron chi connectivity index (χ4n) is 4.01. The number of piperidine rings is 1. The predicted octanol–water partition coefficient (Wildman–Crippen LogP) is 4.30. The Hall–Kier alpha value is -0.870. The Bertz CT molecular complexity index is 507. The van der Waals surface area contributed by atoms with Crippen LogP contribution in [0.25, 0.3) is 0 Å². The third-order valence-corrected chi connectivity index (χ3v) is 6.54. The van der Waals surface area contributed by atoms with Crippen LogP contribution < -0.4 is 0 Å². The minimum atomic E-state index is -0.797. The van der Waals surface area contributed by atoms with E-state index < -0.39 is 5.97 Å². The highest BCUT2D eigenvalue weighted by Gasteiger charge is 2.35. The molecule has 0 bridgehead atoms. The lowest BCUT2D eigenvalue weighted by Crippen LogP contribution is -2.40. The van der Waals surface area contributed by atoms with E-state index in [9.17, 15) is 4.79 Å². The molecule has 3 rings (SSSR count). The first-order valence-electron chi connectivity index (χ1n) is 8.13. The van der Waals surface area contributed by atoms with Gasteiger partial charge in [0.1, 0.15) is 4.88 Å². The molecule has 1 aliphatic carbocycles. The summed E-state index contributed by atoms with van der Waals surface area (Å²) in [5.41, 5.74) is 1.85. The maximum atomic E-state index is 11.1. The molecule has 4 heteroatoms. The summed E-state index contributed by atoms with van der Waals surface area (Å²) in [4.78, 5) is 15.2. The van der Waals surface area contributed by atoms with Gasteiger partial charge in [0.25, 0.3) is 0 Å². The van der Waals surface area contributed by atoms with Crippen LogP contribution in [0.2, 0.25) is 0 Å². The van der Waals surface area contributed by atoms with Crippen molar-refractivity contribution in [2.45, 2.75) is 58.4 Å². The Balaban J connectivity index is 1.59. The molecule has 3 nitrogen and oxygen atoms in total. The molecular weight excluding hydrogens is 282 g/mol. The minimum absolute atomic E-state index is 0.475. The first kappa shape index (κ1) is 15.0. The summed E-state index contributed by atoms with van der Waals surface area (Å²) in [5, 5.41) is 9.09. The molecular formula is C17H25NO2S. The summed E-state index contributed by atoms with van der Waals surface area (Å²) in [6.45, 7) is 5.32. The molecule has 1 saturated heterocycles. The number of aromatic carboxylic acids is 1. The zero-order chi connectivity index (χ0) is 14.9. The van der Waals surface area contributed by atoms with Crippen LogP contribution >= 0.6 is 11.3 Å². The molecule has 0 amide bonds. The molecule has 1 aromatic rings. The quantitative estimate of drug-likeness (QED) is 0.905. The lowest BCUT2D eigenvalue weighted by atomic mass is 9.68. The predicted molar refractivity (Wildman–Crippen MR) is 86.0 cm³/mol. The largest absolute Gasteiger partial charge is 0.477 e. The van der Waals surface area contributed by atoms with E-state index in [2.05, 4.69) is 4.90 Å². The number of carboxylic acid groups (broad SMARTS) is 1. The van der Waals surface area contributed by atoms with E-state index in [0.29, 0.717) is 10.3 Å². The first-order valence-corrected chi connectivity index (χ1v) is 8.95. The van der Waals surface area contributed by atoms with Crippen molar-refractivity contribution in [1.29, 1.82) is 0 Å². The SMILES string of the molecule is Cc1sc(C(=O)O)cc1CN1CCC2(CCCCC2)CC1. The molecule has 1 spiro atoms. The standard InChI is InChI=1S/C17H25NO2S/c1-13-14(11-15(21-13)16(19)20)12-18-9-7-17(8-10-18)5-3-2-4-6-17/h11H,2-10,12H2,1H3,(H,19,20). The lowest BCUT2D eigenvalue weighted by molar-refractivity contribution is 0.0641. The molecule has 0 unspecified atom stereocenters. The van der Waals surface area contributed by atoms with Crippen LogP contribution in [0, 0.1) is 12.3 Å². The van der Waals surface area contributed by atoms with Crippen molar-refractivity contribution < 1.29 is 9.90 Å². The van der Waals surface area contributed by atoms with Crippen molar-refractivity contribution in [2.75, 3.05) is 13.1 Å². The van der Waals surface area contributed by atoms with Crippen LogP contribution in [0.3, 0.4) is 0 Å². The second kappa shape index (κ2) is 6.09. The zero-order valence-electron chi connectivity index (χ0n) is 12.9. The number of likely N-dealkylation sites (tertiary alicyclic amines) is 1. The molecule has 1 saturated carbocycles. The number of rotatable bonds is 3. The van der Waals surface area contributed by atoms with Gasteiger partial charge in [0.15, 0.2) is 0 Å². The highest BCUT2D eigenvalue weighted by Crippen LogP contribution is 2.44. The van der Waals surface area contributed by atoms with E-state index in [0.717, 1.165) is 11.4 Å². The lowest BCUT2D eigenvalue weighted by Gasteiger charge is -2.44. The smallest absolute Gasteiger partial charge is 0.345 e. The van der Waals surface area contributed by atoms with Crippen molar-refractivity contribution in [3.8, 4) is 0 Å². The highest BCUT2D eigenvalue weighted by atomic mass is 32.1. The van der Waals surface area contributed by atoms with Gasteiger partial charge in [-0.3, -0.25) is 4.90 Å². The number of carboxylic acids is 1. The van der Waals surface area contributed by atoms with Gasteiger partial charge in [0.05, 0.1) is 0 Å². The van der Waals surface area contributed by atoms with Crippen molar-refractivity contribution >= 4 is 17.3 Å².